The van der Waals surface area contributed by atoms with E-state index in [9.17, 15) is 9.59 Å². The standard InChI is InChI=1S/C16H18ClN3O4/c1-23-12(24-2)8-20-7-11-13(15(20)21)14(19-16(22)18-11)9-3-5-10(17)6-4-9/h3-6,12,14H,7-8H2,1-2H3,(H2,18,19,22)/t14-/m1/s1. The summed E-state index contributed by atoms with van der Waals surface area (Å²) >= 11 is 5.92. The molecule has 2 aliphatic rings. The Morgan fingerprint density at radius 1 is 1.25 bits per heavy atom. The highest BCUT2D eigenvalue weighted by atomic mass is 35.5. The fourth-order valence-corrected chi connectivity index (χ4v) is 3.03. The zero-order valence-corrected chi connectivity index (χ0v) is 14.1. The minimum absolute atomic E-state index is 0.156. The van der Waals surface area contributed by atoms with E-state index in [1.54, 1.807) is 29.2 Å². The van der Waals surface area contributed by atoms with Gasteiger partial charge < -0.3 is 25.0 Å². The number of halogens is 1. The number of amides is 3. The van der Waals surface area contributed by atoms with Crippen LogP contribution in [0.5, 0.6) is 0 Å². The molecule has 2 aliphatic heterocycles. The van der Waals surface area contributed by atoms with E-state index in [0.717, 1.165) is 5.56 Å². The van der Waals surface area contributed by atoms with E-state index >= 15 is 0 Å². The van der Waals surface area contributed by atoms with Gasteiger partial charge in [0.2, 0.25) is 0 Å². The van der Waals surface area contributed by atoms with E-state index in [2.05, 4.69) is 10.6 Å². The molecule has 3 rings (SSSR count). The summed E-state index contributed by atoms with van der Waals surface area (Å²) in [6, 6.07) is 6.21. The second-order valence-corrected chi connectivity index (χ2v) is 6.00. The minimum Gasteiger partial charge on any atom is -0.354 e. The molecule has 1 aromatic rings. The number of rotatable bonds is 5. The number of urea groups is 1. The first-order valence-corrected chi connectivity index (χ1v) is 7.82. The fraction of sp³-hybridized carbons (Fsp3) is 0.375. The maximum atomic E-state index is 12.8. The summed E-state index contributed by atoms with van der Waals surface area (Å²) in [5, 5.41) is 6.11. The van der Waals surface area contributed by atoms with Crippen LogP contribution in [0.4, 0.5) is 4.79 Å². The summed E-state index contributed by atoms with van der Waals surface area (Å²) in [5.74, 6) is -0.156. The molecule has 0 bridgehead atoms. The zero-order valence-electron chi connectivity index (χ0n) is 13.3. The van der Waals surface area contributed by atoms with E-state index in [1.165, 1.54) is 14.2 Å². The van der Waals surface area contributed by atoms with Crippen molar-refractivity contribution < 1.29 is 19.1 Å². The molecule has 0 fully saturated rings. The van der Waals surface area contributed by atoms with Gasteiger partial charge in [0.1, 0.15) is 0 Å². The summed E-state index contributed by atoms with van der Waals surface area (Å²) in [7, 11) is 3.03. The molecular formula is C16H18ClN3O4. The van der Waals surface area contributed by atoms with Gasteiger partial charge in [0, 0.05) is 19.2 Å². The van der Waals surface area contributed by atoms with Crippen molar-refractivity contribution >= 4 is 23.5 Å². The second-order valence-electron chi connectivity index (χ2n) is 5.56. The van der Waals surface area contributed by atoms with Crippen LogP contribution < -0.4 is 10.6 Å². The molecule has 8 heteroatoms. The van der Waals surface area contributed by atoms with Gasteiger partial charge in [-0.25, -0.2) is 4.79 Å². The minimum atomic E-state index is -0.520. The molecule has 0 unspecified atom stereocenters. The van der Waals surface area contributed by atoms with Crippen molar-refractivity contribution in [3.8, 4) is 0 Å². The van der Waals surface area contributed by atoms with E-state index < -0.39 is 12.3 Å². The number of hydrogen-bond acceptors (Lipinski definition) is 4. The summed E-state index contributed by atoms with van der Waals surface area (Å²) in [6.45, 7) is 0.594. The monoisotopic (exact) mass is 351 g/mol. The van der Waals surface area contributed by atoms with Crippen molar-refractivity contribution in [3.05, 3.63) is 46.1 Å². The molecule has 0 aliphatic carbocycles. The first-order valence-electron chi connectivity index (χ1n) is 7.44. The van der Waals surface area contributed by atoms with Crippen LogP contribution in [0.15, 0.2) is 35.5 Å². The molecule has 7 nitrogen and oxygen atoms in total. The molecule has 1 aromatic carbocycles. The van der Waals surface area contributed by atoms with Gasteiger partial charge in [-0.05, 0) is 17.7 Å². The third kappa shape index (κ3) is 3.10. The van der Waals surface area contributed by atoms with Gasteiger partial charge in [-0.1, -0.05) is 23.7 Å². The van der Waals surface area contributed by atoms with E-state index in [0.29, 0.717) is 22.8 Å². The quantitative estimate of drug-likeness (QED) is 0.786. The molecule has 0 saturated carbocycles. The molecule has 0 saturated heterocycles. The van der Waals surface area contributed by atoms with Gasteiger partial charge in [-0.3, -0.25) is 4.79 Å². The molecular weight excluding hydrogens is 334 g/mol. The number of nitrogens with zero attached hydrogens (tertiary/aromatic N) is 1. The van der Waals surface area contributed by atoms with Crippen LogP contribution in [-0.2, 0) is 14.3 Å². The number of carbonyl (C=O) groups is 2. The van der Waals surface area contributed by atoms with Gasteiger partial charge >= 0.3 is 6.03 Å². The summed E-state index contributed by atoms with van der Waals surface area (Å²) in [5.41, 5.74) is 1.93. The lowest BCUT2D eigenvalue weighted by Crippen LogP contribution is -2.44. The third-order valence-electron chi connectivity index (χ3n) is 4.12. The fourth-order valence-electron chi connectivity index (χ4n) is 2.91. The van der Waals surface area contributed by atoms with Crippen molar-refractivity contribution in [1.82, 2.24) is 15.5 Å². The molecule has 24 heavy (non-hydrogen) atoms. The molecule has 0 aromatic heterocycles. The smallest absolute Gasteiger partial charge is 0.319 e. The number of carbonyl (C=O) groups excluding carboxylic acids is 2. The van der Waals surface area contributed by atoms with Crippen LogP contribution in [0.1, 0.15) is 11.6 Å². The zero-order chi connectivity index (χ0) is 17.3. The van der Waals surface area contributed by atoms with Crippen molar-refractivity contribution in [2.75, 3.05) is 27.3 Å². The van der Waals surface area contributed by atoms with Gasteiger partial charge in [0.05, 0.1) is 30.4 Å². The third-order valence-corrected chi connectivity index (χ3v) is 4.37. The Labute approximate surface area is 144 Å². The van der Waals surface area contributed by atoms with Crippen LogP contribution in [-0.4, -0.2) is 50.4 Å². The van der Waals surface area contributed by atoms with E-state index in [-0.39, 0.29) is 18.5 Å². The van der Waals surface area contributed by atoms with Crippen LogP contribution in [0, 0.1) is 0 Å². The maximum absolute atomic E-state index is 12.8. The highest BCUT2D eigenvalue weighted by Crippen LogP contribution is 2.33. The van der Waals surface area contributed by atoms with Crippen molar-refractivity contribution in [1.29, 1.82) is 0 Å². The lowest BCUT2D eigenvalue weighted by molar-refractivity contribution is -0.140. The van der Waals surface area contributed by atoms with Crippen molar-refractivity contribution in [2.24, 2.45) is 0 Å². The maximum Gasteiger partial charge on any atom is 0.319 e. The summed E-state index contributed by atoms with van der Waals surface area (Å²) in [6.07, 6.45) is -0.520. The molecule has 3 amide bonds. The second kappa shape index (κ2) is 6.80. The number of hydrogen-bond donors (Lipinski definition) is 2. The lowest BCUT2D eigenvalue weighted by Gasteiger charge is -2.25. The Bertz CT molecular complexity index is 685. The molecule has 0 radical (unpaired) electrons. The Hall–Kier alpha value is -2.09. The molecule has 2 N–H and O–H groups in total. The molecule has 128 valence electrons. The van der Waals surface area contributed by atoms with E-state index in [1.807, 2.05) is 0 Å². The average molecular weight is 352 g/mol. The number of methoxy groups -OCH3 is 2. The summed E-state index contributed by atoms with van der Waals surface area (Å²) < 4.78 is 10.3. The Kier molecular flexibility index (Phi) is 4.75. The Morgan fingerprint density at radius 3 is 2.54 bits per heavy atom. The van der Waals surface area contributed by atoms with Crippen molar-refractivity contribution in [2.45, 2.75) is 12.3 Å². The molecule has 0 spiro atoms. The SMILES string of the molecule is COC(CN1CC2=C(C1=O)[C@@H](c1ccc(Cl)cc1)NC(=O)N2)OC. The highest BCUT2D eigenvalue weighted by Gasteiger charge is 2.40. The molecule has 1 atom stereocenters. The predicted molar refractivity (Wildman–Crippen MR) is 87.3 cm³/mol. The number of nitrogens with one attached hydrogen (secondary N) is 2. The lowest BCUT2D eigenvalue weighted by atomic mass is 9.96. The van der Waals surface area contributed by atoms with Crippen LogP contribution in [0.2, 0.25) is 5.02 Å². The first-order chi connectivity index (χ1) is 11.5. The van der Waals surface area contributed by atoms with E-state index in [4.69, 9.17) is 21.1 Å². The van der Waals surface area contributed by atoms with Gasteiger partial charge in [0.15, 0.2) is 6.29 Å². The Balaban J connectivity index is 1.87. The Morgan fingerprint density at radius 2 is 1.92 bits per heavy atom. The molecule has 2 heterocycles. The normalized spacial score (nSPS) is 20.3. The number of benzene rings is 1. The first kappa shape index (κ1) is 16.8. The predicted octanol–water partition coefficient (Wildman–Crippen LogP) is 1.41. The topological polar surface area (TPSA) is 79.9 Å². The van der Waals surface area contributed by atoms with Gasteiger partial charge in [-0.2, -0.15) is 0 Å². The largest absolute Gasteiger partial charge is 0.354 e. The van der Waals surface area contributed by atoms with Gasteiger partial charge in [0.25, 0.3) is 5.91 Å². The average Bonchev–Trinajstić information content (AvgIpc) is 2.88. The van der Waals surface area contributed by atoms with Gasteiger partial charge in [-0.15, -0.1) is 0 Å². The number of ether oxygens (including phenoxy) is 2. The van der Waals surface area contributed by atoms with Crippen LogP contribution >= 0.6 is 11.6 Å². The van der Waals surface area contributed by atoms with Crippen LogP contribution in [0.25, 0.3) is 0 Å². The summed E-state index contributed by atoms with van der Waals surface area (Å²) in [4.78, 5) is 26.3. The van der Waals surface area contributed by atoms with Crippen molar-refractivity contribution in [3.63, 3.8) is 0 Å². The highest BCUT2D eigenvalue weighted by molar-refractivity contribution is 6.30. The van der Waals surface area contributed by atoms with Crippen LogP contribution in [0.3, 0.4) is 0 Å².